The Hall–Kier alpha value is -4.39. The minimum Gasteiger partial charge on any atom is -0.497 e. The second kappa shape index (κ2) is 11.5. The summed E-state index contributed by atoms with van der Waals surface area (Å²) in [6, 6.07) is 24.3. The summed E-state index contributed by atoms with van der Waals surface area (Å²) in [6.45, 7) is 0.421. The number of hydrogen-bond donors (Lipinski definition) is 2. The maximum atomic E-state index is 12.5. The summed E-state index contributed by atoms with van der Waals surface area (Å²) in [5.41, 5.74) is 4.05. The number of carbonyl (C=O) groups excluding carboxylic acids is 1. The summed E-state index contributed by atoms with van der Waals surface area (Å²) >= 11 is 0. The quantitative estimate of drug-likeness (QED) is 0.366. The number of aromatic nitrogens is 2. The van der Waals surface area contributed by atoms with E-state index in [0.717, 1.165) is 34.0 Å². The van der Waals surface area contributed by atoms with Crippen LogP contribution >= 0.6 is 0 Å². The van der Waals surface area contributed by atoms with Crippen molar-refractivity contribution in [1.29, 1.82) is 0 Å². The van der Waals surface area contributed by atoms with E-state index in [1.54, 1.807) is 32.5 Å². The van der Waals surface area contributed by atoms with E-state index in [4.69, 9.17) is 9.47 Å². The van der Waals surface area contributed by atoms with Crippen LogP contribution in [-0.4, -0.2) is 30.1 Å². The Morgan fingerprint density at radius 2 is 1.62 bits per heavy atom. The molecule has 1 aromatic heterocycles. The van der Waals surface area contributed by atoms with Gasteiger partial charge in [-0.1, -0.05) is 31.7 Å². The Balaban J connectivity index is 0.00000324. The first-order valence-electron chi connectivity index (χ1n) is 10.4. The molecular formula is C27H28N4O3. The number of carbonyl (C=O) groups is 1. The van der Waals surface area contributed by atoms with Gasteiger partial charge in [-0.2, -0.15) is 0 Å². The molecule has 7 nitrogen and oxygen atoms in total. The van der Waals surface area contributed by atoms with E-state index in [9.17, 15) is 4.79 Å². The van der Waals surface area contributed by atoms with E-state index in [1.807, 2.05) is 66.7 Å². The van der Waals surface area contributed by atoms with Gasteiger partial charge in [0.1, 0.15) is 11.5 Å². The van der Waals surface area contributed by atoms with Crippen LogP contribution in [0.5, 0.6) is 11.5 Å². The van der Waals surface area contributed by atoms with E-state index in [1.165, 1.54) is 0 Å². The molecule has 0 saturated heterocycles. The molecule has 0 spiro atoms. The highest BCUT2D eigenvalue weighted by atomic mass is 16.5. The van der Waals surface area contributed by atoms with Gasteiger partial charge in [0, 0.05) is 29.6 Å². The minimum absolute atomic E-state index is 0. The molecule has 0 aliphatic heterocycles. The van der Waals surface area contributed by atoms with Crippen molar-refractivity contribution in [1.82, 2.24) is 15.3 Å². The van der Waals surface area contributed by atoms with Crippen LogP contribution in [0.3, 0.4) is 0 Å². The van der Waals surface area contributed by atoms with Crippen LogP contribution in [-0.2, 0) is 6.54 Å². The fourth-order valence-corrected chi connectivity index (χ4v) is 3.24. The first-order valence-corrected chi connectivity index (χ1v) is 10.4. The number of hydrogen-bond acceptors (Lipinski definition) is 6. The fourth-order valence-electron chi connectivity index (χ4n) is 3.24. The Morgan fingerprint density at radius 3 is 2.32 bits per heavy atom. The third-order valence-electron chi connectivity index (χ3n) is 5.03. The lowest BCUT2D eigenvalue weighted by molar-refractivity contribution is 0.0951. The molecule has 174 valence electrons. The molecule has 0 bridgehead atoms. The lowest BCUT2D eigenvalue weighted by Crippen LogP contribution is -2.22. The molecule has 1 amide bonds. The second-order valence-electron chi connectivity index (χ2n) is 7.23. The number of benzene rings is 3. The molecule has 4 rings (SSSR count). The van der Waals surface area contributed by atoms with Gasteiger partial charge in [-0.15, -0.1) is 0 Å². The van der Waals surface area contributed by atoms with Crippen molar-refractivity contribution in [3.05, 3.63) is 96.2 Å². The van der Waals surface area contributed by atoms with Crippen molar-refractivity contribution in [2.24, 2.45) is 0 Å². The summed E-state index contributed by atoms with van der Waals surface area (Å²) in [5, 5.41) is 6.12. The highest BCUT2D eigenvalue weighted by Gasteiger charge is 2.08. The van der Waals surface area contributed by atoms with E-state index >= 15 is 0 Å². The van der Waals surface area contributed by atoms with Crippen LogP contribution in [0.4, 0.5) is 11.6 Å². The molecule has 0 aliphatic carbocycles. The second-order valence-corrected chi connectivity index (χ2v) is 7.23. The highest BCUT2D eigenvalue weighted by Crippen LogP contribution is 2.21. The maximum absolute atomic E-state index is 12.5. The van der Waals surface area contributed by atoms with Crippen molar-refractivity contribution in [2.75, 3.05) is 19.5 Å². The zero-order valence-corrected chi connectivity index (χ0v) is 18.4. The number of amides is 1. The molecule has 1 heterocycles. The van der Waals surface area contributed by atoms with Gasteiger partial charge in [0.05, 0.1) is 19.9 Å². The van der Waals surface area contributed by atoms with Crippen LogP contribution in [0, 0.1) is 0 Å². The van der Waals surface area contributed by atoms with Crippen LogP contribution in [0.25, 0.3) is 11.3 Å². The topological polar surface area (TPSA) is 85.4 Å². The van der Waals surface area contributed by atoms with E-state index in [0.29, 0.717) is 18.1 Å². The smallest absolute Gasteiger partial charge is 0.251 e. The number of rotatable bonds is 8. The van der Waals surface area contributed by atoms with Gasteiger partial charge >= 0.3 is 0 Å². The predicted octanol–water partition coefficient (Wildman–Crippen LogP) is 5.47. The first-order chi connectivity index (χ1) is 16.1. The van der Waals surface area contributed by atoms with Crippen LogP contribution in [0.15, 0.2) is 85.1 Å². The van der Waals surface area contributed by atoms with Crippen LogP contribution in [0.1, 0.15) is 23.3 Å². The predicted molar refractivity (Wildman–Crippen MR) is 135 cm³/mol. The van der Waals surface area contributed by atoms with Crippen molar-refractivity contribution in [3.63, 3.8) is 0 Å². The van der Waals surface area contributed by atoms with Gasteiger partial charge in [0.15, 0.2) is 0 Å². The standard InChI is InChI=1S/C26H24N4O3.CH4/c1-32-22-12-10-21(11-13-22)29-26-27-15-14-24(30-26)19-6-8-20(9-7-19)25(31)28-17-18-4-3-5-23(16-18)33-2;/h3-16H,17H2,1-2H3,(H,28,31)(H,27,29,30);1H4. The summed E-state index contributed by atoms with van der Waals surface area (Å²) in [7, 11) is 3.25. The molecular weight excluding hydrogens is 428 g/mol. The minimum atomic E-state index is -0.145. The number of nitrogens with zero attached hydrogens (tertiary/aromatic N) is 2. The Bertz CT molecular complexity index is 1230. The maximum Gasteiger partial charge on any atom is 0.251 e. The molecule has 0 saturated carbocycles. The van der Waals surface area contributed by atoms with Crippen LogP contribution < -0.4 is 20.1 Å². The van der Waals surface area contributed by atoms with Crippen molar-refractivity contribution in [2.45, 2.75) is 14.0 Å². The van der Waals surface area contributed by atoms with E-state index < -0.39 is 0 Å². The molecule has 0 radical (unpaired) electrons. The number of methoxy groups -OCH3 is 2. The third-order valence-corrected chi connectivity index (χ3v) is 5.03. The van der Waals surface area contributed by atoms with E-state index in [2.05, 4.69) is 20.6 Å². The SMILES string of the molecule is C.COc1ccc(Nc2nccc(-c3ccc(C(=O)NCc4cccc(OC)c4)cc3)n2)cc1. The average molecular weight is 457 g/mol. The number of ether oxygens (including phenoxy) is 2. The largest absolute Gasteiger partial charge is 0.497 e. The van der Waals surface area contributed by atoms with Crippen LogP contribution in [0.2, 0.25) is 0 Å². The zero-order chi connectivity index (χ0) is 23.0. The molecule has 3 aromatic carbocycles. The Morgan fingerprint density at radius 1 is 0.882 bits per heavy atom. The first kappa shape index (κ1) is 24.3. The lowest BCUT2D eigenvalue weighted by atomic mass is 10.1. The van der Waals surface area contributed by atoms with Crippen molar-refractivity contribution in [3.8, 4) is 22.8 Å². The fraction of sp³-hybridized carbons (Fsp3) is 0.148. The van der Waals surface area contributed by atoms with Gasteiger partial charge in [-0.25, -0.2) is 9.97 Å². The van der Waals surface area contributed by atoms with Crippen molar-refractivity contribution >= 4 is 17.5 Å². The molecule has 4 aromatic rings. The Labute approximate surface area is 199 Å². The third kappa shape index (κ3) is 6.10. The van der Waals surface area contributed by atoms with Crippen molar-refractivity contribution < 1.29 is 14.3 Å². The zero-order valence-electron chi connectivity index (χ0n) is 18.4. The molecule has 2 N–H and O–H groups in total. The normalized spacial score (nSPS) is 10.1. The molecule has 34 heavy (non-hydrogen) atoms. The highest BCUT2D eigenvalue weighted by molar-refractivity contribution is 5.94. The molecule has 0 aliphatic rings. The summed E-state index contributed by atoms with van der Waals surface area (Å²) in [6.07, 6.45) is 1.70. The molecule has 0 atom stereocenters. The number of nitrogens with one attached hydrogen (secondary N) is 2. The van der Waals surface area contributed by atoms with Gasteiger partial charge in [0.25, 0.3) is 5.91 Å². The molecule has 0 unspecified atom stereocenters. The monoisotopic (exact) mass is 456 g/mol. The van der Waals surface area contributed by atoms with Gasteiger partial charge in [-0.05, 0) is 60.2 Å². The summed E-state index contributed by atoms with van der Waals surface area (Å²) < 4.78 is 10.4. The molecule has 0 fully saturated rings. The van der Waals surface area contributed by atoms with E-state index in [-0.39, 0.29) is 13.3 Å². The average Bonchev–Trinajstić information content (AvgIpc) is 2.88. The summed E-state index contributed by atoms with van der Waals surface area (Å²) in [4.78, 5) is 21.4. The molecule has 7 heteroatoms. The summed E-state index contributed by atoms with van der Waals surface area (Å²) in [5.74, 6) is 1.88. The number of anilines is 2. The Kier molecular flexibility index (Phi) is 8.18. The van der Waals surface area contributed by atoms with Gasteiger partial charge in [-0.3, -0.25) is 4.79 Å². The van der Waals surface area contributed by atoms with Gasteiger partial charge in [0.2, 0.25) is 5.95 Å². The lowest BCUT2D eigenvalue weighted by Gasteiger charge is -2.09. The van der Waals surface area contributed by atoms with Gasteiger partial charge < -0.3 is 20.1 Å².